The summed E-state index contributed by atoms with van der Waals surface area (Å²) in [7, 11) is 0. The van der Waals surface area contributed by atoms with Crippen LogP contribution < -0.4 is 5.32 Å². The number of anilines is 1. The summed E-state index contributed by atoms with van der Waals surface area (Å²) in [6.07, 6.45) is 2.14. The SMILES string of the molecule is CC1(C)CC(Nc2ccc3ccccc3c2)CCO1. The quantitative estimate of drug-likeness (QED) is 0.868. The summed E-state index contributed by atoms with van der Waals surface area (Å²) in [6.45, 7) is 5.18. The van der Waals surface area contributed by atoms with E-state index in [1.54, 1.807) is 0 Å². The highest BCUT2D eigenvalue weighted by Crippen LogP contribution is 2.27. The predicted octanol–water partition coefficient (Wildman–Crippen LogP) is 4.21. The summed E-state index contributed by atoms with van der Waals surface area (Å²) in [6, 6.07) is 15.6. The summed E-state index contributed by atoms with van der Waals surface area (Å²) in [4.78, 5) is 0. The van der Waals surface area contributed by atoms with Gasteiger partial charge in [-0.3, -0.25) is 0 Å². The van der Waals surface area contributed by atoms with Crippen LogP contribution in [-0.2, 0) is 4.74 Å². The van der Waals surface area contributed by atoms with Crippen LogP contribution in [0, 0.1) is 0 Å². The maximum absolute atomic E-state index is 5.76. The van der Waals surface area contributed by atoms with Crippen molar-refractivity contribution in [2.45, 2.75) is 38.3 Å². The van der Waals surface area contributed by atoms with Gasteiger partial charge in [-0.1, -0.05) is 30.3 Å². The monoisotopic (exact) mass is 255 g/mol. The van der Waals surface area contributed by atoms with Crippen LogP contribution >= 0.6 is 0 Å². The molecular formula is C17H21NO. The minimum atomic E-state index is -0.00718. The molecule has 100 valence electrons. The zero-order chi connectivity index (χ0) is 13.3. The molecule has 1 saturated heterocycles. The highest BCUT2D eigenvalue weighted by molar-refractivity contribution is 5.85. The number of hydrogen-bond donors (Lipinski definition) is 1. The Kier molecular flexibility index (Phi) is 3.19. The maximum atomic E-state index is 5.76. The molecule has 1 fully saturated rings. The van der Waals surface area contributed by atoms with Crippen LogP contribution in [0.4, 0.5) is 5.69 Å². The second kappa shape index (κ2) is 4.86. The van der Waals surface area contributed by atoms with Gasteiger partial charge in [-0.2, -0.15) is 0 Å². The largest absolute Gasteiger partial charge is 0.382 e. The van der Waals surface area contributed by atoms with Gasteiger partial charge in [-0.25, -0.2) is 0 Å². The minimum Gasteiger partial charge on any atom is -0.382 e. The average molecular weight is 255 g/mol. The van der Waals surface area contributed by atoms with Crippen LogP contribution in [0.1, 0.15) is 26.7 Å². The Labute approximate surface area is 114 Å². The number of fused-ring (bicyclic) bond motifs is 1. The van der Waals surface area contributed by atoms with Crippen molar-refractivity contribution in [3.8, 4) is 0 Å². The molecule has 0 aliphatic carbocycles. The second-order valence-electron chi connectivity index (χ2n) is 6.00. The highest BCUT2D eigenvalue weighted by Gasteiger charge is 2.28. The van der Waals surface area contributed by atoms with Gasteiger partial charge in [0.25, 0.3) is 0 Å². The first-order chi connectivity index (χ1) is 9.12. The van der Waals surface area contributed by atoms with E-state index in [0.29, 0.717) is 6.04 Å². The van der Waals surface area contributed by atoms with Crippen LogP contribution in [0.2, 0.25) is 0 Å². The molecule has 1 unspecified atom stereocenters. The molecule has 0 aromatic heterocycles. The van der Waals surface area contributed by atoms with E-state index in [1.165, 1.54) is 16.5 Å². The average Bonchev–Trinajstić information content (AvgIpc) is 2.37. The van der Waals surface area contributed by atoms with E-state index in [0.717, 1.165) is 19.4 Å². The fourth-order valence-electron chi connectivity index (χ4n) is 2.87. The smallest absolute Gasteiger partial charge is 0.0646 e. The standard InChI is InChI=1S/C17H21NO/c1-17(2)12-16(9-10-19-17)18-15-8-7-13-5-3-4-6-14(13)11-15/h3-8,11,16,18H,9-10,12H2,1-2H3. The van der Waals surface area contributed by atoms with Gasteiger partial charge < -0.3 is 10.1 Å². The van der Waals surface area contributed by atoms with Crippen LogP contribution in [0.15, 0.2) is 42.5 Å². The lowest BCUT2D eigenvalue weighted by molar-refractivity contribution is -0.0553. The van der Waals surface area contributed by atoms with Crippen molar-refractivity contribution >= 4 is 16.5 Å². The van der Waals surface area contributed by atoms with Crippen molar-refractivity contribution in [2.24, 2.45) is 0 Å². The third kappa shape index (κ3) is 2.90. The molecule has 1 heterocycles. The molecule has 1 atom stereocenters. The second-order valence-corrected chi connectivity index (χ2v) is 6.00. The number of ether oxygens (including phenoxy) is 1. The molecule has 0 saturated carbocycles. The Bertz CT molecular complexity index is 576. The number of hydrogen-bond acceptors (Lipinski definition) is 2. The molecule has 0 amide bonds. The lowest BCUT2D eigenvalue weighted by atomic mass is 9.93. The van der Waals surface area contributed by atoms with Gasteiger partial charge in [0, 0.05) is 18.3 Å². The topological polar surface area (TPSA) is 21.3 Å². The fourth-order valence-corrected chi connectivity index (χ4v) is 2.87. The molecule has 2 heteroatoms. The van der Waals surface area contributed by atoms with E-state index in [-0.39, 0.29) is 5.60 Å². The van der Waals surface area contributed by atoms with Crippen molar-refractivity contribution < 1.29 is 4.74 Å². The molecule has 2 aromatic carbocycles. The third-order valence-corrected chi connectivity index (χ3v) is 3.82. The molecule has 19 heavy (non-hydrogen) atoms. The molecular weight excluding hydrogens is 234 g/mol. The Morgan fingerprint density at radius 3 is 2.68 bits per heavy atom. The molecule has 2 nitrogen and oxygen atoms in total. The van der Waals surface area contributed by atoms with E-state index < -0.39 is 0 Å². The van der Waals surface area contributed by atoms with E-state index in [2.05, 4.69) is 61.6 Å². The van der Waals surface area contributed by atoms with E-state index in [4.69, 9.17) is 4.74 Å². The molecule has 3 rings (SSSR count). The van der Waals surface area contributed by atoms with Gasteiger partial charge >= 0.3 is 0 Å². The Morgan fingerprint density at radius 1 is 1.11 bits per heavy atom. The van der Waals surface area contributed by atoms with Gasteiger partial charge in [0.1, 0.15) is 0 Å². The van der Waals surface area contributed by atoms with Gasteiger partial charge in [0.05, 0.1) is 5.60 Å². The molecule has 0 spiro atoms. The first kappa shape index (κ1) is 12.5. The maximum Gasteiger partial charge on any atom is 0.0646 e. The normalized spacial score (nSPS) is 22.3. The van der Waals surface area contributed by atoms with Crippen molar-refractivity contribution in [2.75, 3.05) is 11.9 Å². The zero-order valence-electron chi connectivity index (χ0n) is 11.6. The van der Waals surface area contributed by atoms with Crippen molar-refractivity contribution in [1.82, 2.24) is 0 Å². The fraction of sp³-hybridized carbons (Fsp3) is 0.412. The first-order valence-electron chi connectivity index (χ1n) is 7.02. The number of nitrogens with one attached hydrogen (secondary N) is 1. The molecule has 0 bridgehead atoms. The molecule has 1 aliphatic heterocycles. The van der Waals surface area contributed by atoms with Crippen LogP contribution in [0.3, 0.4) is 0 Å². The third-order valence-electron chi connectivity index (χ3n) is 3.82. The van der Waals surface area contributed by atoms with Gasteiger partial charge in [0.2, 0.25) is 0 Å². The van der Waals surface area contributed by atoms with E-state index >= 15 is 0 Å². The summed E-state index contributed by atoms with van der Waals surface area (Å²) in [5.41, 5.74) is 1.20. The summed E-state index contributed by atoms with van der Waals surface area (Å²) >= 11 is 0. The molecule has 1 N–H and O–H groups in total. The summed E-state index contributed by atoms with van der Waals surface area (Å²) in [5, 5.41) is 6.23. The number of benzene rings is 2. The van der Waals surface area contributed by atoms with Crippen molar-refractivity contribution in [3.05, 3.63) is 42.5 Å². The van der Waals surface area contributed by atoms with Gasteiger partial charge in [0.15, 0.2) is 0 Å². The Balaban J connectivity index is 1.77. The van der Waals surface area contributed by atoms with Crippen LogP contribution in [-0.4, -0.2) is 18.2 Å². The minimum absolute atomic E-state index is 0.00718. The van der Waals surface area contributed by atoms with Gasteiger partial charge in [-0.05, 0) is 49.6 Å². The molecule has 2 aromatic rings. The lowest BCUT2D eigenvalue weighted by Crippen LogP contribution is -2.40. The summed E-state index contributed by atoms with van der Waals surface area (Å²) in [5.74, 6) is 0. The molecule has 1 aliphatic rings. The number of rotatable bonds is 2. The Hall–Kier alpha value is -1.54. The molecule has 0 radical (unpaired) electrons. The van der Waals surface area contributed by atoms with Crippen molar-refractivity contribution in [1.29, 1.82) is 0 Å². The van der Waals surface area contributed by atoms with Crippen LogP contribution in [0.25, 0.3) is 10.8 Å². The van der Waals surface area contributed by atoms with Gasteiger partial charge in [-0.15, -0.1) is 0 Å². The highest BCUT2D eigenvalue weighted by atomic mass is 16.5. The summed E-state index contributed by atoms with van der Waals surface area (Å²) < 4.78 is 5.76. The first-order valence-corrected chi connectivity index (χ1v) is 7.02. The van der Waals surface area contributed by atoms with E-state index in [9.17, 15) is 0 Å². The van der Waals surface area contributed by atoms with Crippen molar-refractivity contribution in [3.63, 3.8) is 0 Å². The predicted molar refractivity (Wildman–Crippen MR) is 80.6 cm³/mol. The zero-order valence-corrected chi connectivity index (χ0v) is 11.6. The lowest BCUT2D eigenvalue weighted by Gasteiger charge is -2.36. The Morgan fingerprint density at radius 2 is 1.89 bits per heavy atom. The van der Waals surface area contributed by atoms with Crippen LogP contribution in [0.5, 0.6) is 0 Å². The van der Waals surface area contributed by atoms with E-state index in [1.807, 2.05) is 0 Å².